The van der Waals surface area contributed by atoms with Gasteiger partial charge in [-0.15, -0.1) is 0 Å². The van der Waals surface area contributed by atoms with Crippen LogP contribution in [0.5, 0.6) is 0 Å². The Kier molecular flexibility index (Phi) is 6.39. The Bertz CT molecular complexity index is 170. The predicted octanol–water partition coefficient (Wildman–Crippen LogP) is 1.50. The first kappa shape index (κ1) is 12.1. The second-order valence-electron chi connectivity index (χ2n) is 3.53. The Morgan fingerprint density at radius 3 is 2.93 bits per heavy atom. The van der Waals surface area contributed by atoms with Crippen molar-refractivity contribution in [3.63, 3.8) is 0 Å². The first-order valence-corrected chi connectivity index (χ1v) is 6.37. The maximum Gasteiger partial charge on any atom is 0.162 e. The molecule has 1 rings (SSSR count). The van der Waals surface area contributed by atoms with Crippen LogP contribution in [-0.2, 0) is 9.53 Å². The molecule has 0 saturated carbocycles. The van der Waals surface area contributed by atoms with E-state index in [9.17, 15) is 4.79 Å². The molecule has 0 spiro atoms. The molecule has 1 fully saturated rings. The normalized spacial score (nSPS) is 22.2. The minimum atomic E-state index is -0.187. The van der Waals surface area contributed by atoms with E-state index >= 15 is 0 Å². The molecule has 1 heterocycles. The van der Waals surface area contributed by atoms with E-state index in [4.69, 9.17) is 4.74 Å². The quantitative estimate of drug-likeness (QED) is 0.583. The molecule has 3 nitrogen and oxygen atoms in total. The Balaban J connectivity index is 2.07. The highest BCUT2D eigenvalue weighted by Gasteiger charge is 2.20. The molecule has 1 atom stereocenters. The number of carbonyl (C=O) groups is 1. The van der Waals surface area contributed by atoms with Crippen molar-refractivity contribution in [2.24, 2.45) is 0 Å². The van der Waals surface area contributed by atoms with Crippen molar-refractivity contribution in [1.29, 1.82) is 0 Å². The van der Waals surface area contributed by atoms with Gasteiger partial charge in [-0.1, -0.05) is 22.4 Å². The zero-order valence-corrected chi connectivity index (χ0v) is 10.0. The Morgan fingerprint density at radius 2 is 2.29 bits per heavy atom. The summed E-state index contributed by atoms with van der Waals surface area (Å²) in [7, 11) is 0. The van der Waals surface area contributed by atoms with Gasteiger partial charge < -0.3 is 10.1 Å². The van der Waals surface area contributed by atoms with Gasteiger partial charge in [0, 0.05) is 24.8 Å². The Labute approximate surface area is 93.7 Å². The molecule has 0 radical (unpaired) electrons. The van der Waals surface area contributed by atoms with Crippen LogP contribution >= 0.6 is 15.9 Å². The largest absolute Gasteiger partial charge is 0.368 e. The Morgan fingerprint density at radius 1 is 1.43 bits per heavy atom. The van der Waals surface area contributed by atoms with Crippen molar-refractivity contribution in [3.05, 3.63) is 0 Å². The van der Waals surface area contributed by atoms with Crippen LogP contribution < -0.4 is 5.32 Å². The summed E-state index contributed by atoms with van der Waals surface area (Å²) in [6, 6.07) is 0. The number of alkyl halides is 1. The lowest BCUT2D eigenvalue weighted by Gasteiger charge is -2.22. The van der Waals surface area contributed by atoms with E-state index in [1.807, 2.05) is 0 Å². The summed E-state index contributed by atoms with van der Waals surface area (Å²) in [6.07, 6.45) is 3.74. The van der Waals surface area contributed by atoms with Gasteiger partial charge in [0.1, 0.15) is 6.10 Å². The van der Waals surface area contributed by atoms with Crippen LogP contribution in [0.2, 0.25) is 0 Å². The second-order valence-corrected chi connectivity index (χ2v) is 4.32. The number of unbranched alkanes of at least 4 members (excludes halogenated alkanes) is 2. The molecule has 1 unspecified atom stereocenters. The molecule has 14 heavy (non-hydrogen) atoms. The van der Waals surface area contributed by atoms with E-state index in [-0.39, 0.29) is 11.9 Å². The van der Waals surface area contributed by atoms with Gasteiger partial charge >= 0.3 is 0 Å². The van der Waals surface area contributed by atoms with Crippen LogP contribution in [0.15, 0.2) is 0 Å². The predicted molar refractivity (Wildman–Crippen MR) is 59.9 cm³/mol. The van der Waals surface area contributed by atoms with Gasteiger partial charge in [0.2, 0.25) is 0 Å². The van der Waals surface area contributed by atoms with E-state index in [1.165, 1.54) is 0 Å². The van der Waals surface area contributed by atoms with Crippen molar-refractivity contribution in [3.8, 4) is 0 Å². The monoisotopic (exact) mass is 263 g/mol. The molecule has 1 aliphatic heterocycles. The number of ether oxygens (including phenoxy) is 1. The zero-order valence-electron chi connectivity index (χ0n) is 8.43. The number of nitrogens with one attached hydrogen (secondary N) is 1. The summed E-state index contributed by atoms with van der Waals surface area (Å²) in [5, 5.41) is 4.19. The summed E-state index contributed by atoms with van der Waals surface area (Å²) in [5.74, 6) is 0.256. The van der Waals surface area contributed by atoms with Crippen LogP contribution in [0, 0.1) is 0 Å². The summed E-state index contributed by atoms with van der Waals surface area (Å²) < 4.78 is 5.38. The minimum Gasteiger partial charge on any atom is -0.368 e. The molecular weight excluding hydrogens is 246 g/mol. The number of hydrogen-bond donors (Lipinski definition) is 1. The van der Waals surface area contributed by atoms with Gasteiger partial charge in [-0.2, -0.15) is 0 Å². The smallest absolute Gasteiger partial charge is 0.162 e. The van der Waals surface area contributed by atoms with Gasteiger partial charge in [0.05, 0.1) is 6.61 Å². The van der Waals surface area contributed by atoms with E-state index in [0.717, 1.165) is 31.1 Å². The van der Waals surface area contributed by atoms with Crippen LogP contribution in [0.25, 0.3) is 0 Å². The molecule has 0 aliphatic carbocycles. The third kappa shape index (κ3) is 4.53. The molecule has 1 saturated heterocycles. The first-order valence-electron chi connectivity index (χ1n) is 5.25. The maximum atomic E-state index is 11.6. The van der Waals surface area contributed by atoms with Crippen molar-refractivity contribution < 1.29 is 9.53 Å². The lowest BCUT2D eigenvalue weighted by Crippen LogP contribution is -2.43. The third-order valence-corrected chi connectivity index (χ3v) is 2.90. The van der Waals surface area contributed by atoms with Gasteiger partial charge in [-0.05, 0) is 12.8 Å². The molecule has 1 aliphatic rings. The summed E-state index contributed by atoms with van der Waals surface area (Å²) >= 11 is 3.37. The van der Waals surface area contributed by atoms with Crippen LogP contribution in [0.1, 0.15) is 25.7 Å². The number of halogens is 1. The van der Waals surface area contributed by atoms with Gasteiger partial charge in [-0.25, -0.2) is 0 Å². The number of Topliss-reactive ketones (excluding diaryl/α,β-unsaturated/α-hetero) is 1. The highest BCUT2D eigenvalue weighted by molar-refractivity contribution is 9.09. The molecule has 0 amide bonds. The van der Waals surface area contributed by atoms with Gasteiger partial charge in [0.25, 0.3) is 0 Å². The third-order valence-electron chi connectivity index (χ3n) is 2.34. The number of rotatable bonds is 6. The van der Waals surface area contributed by atoms with Crippen LogP contribution in [0.4, 0.5) is 0 Å². The van der Waals surface area contributed by atoms with Crippen LogP contribution in [0.3, 0.4) is 0 Å². The highest BCUT2D eigenvalue weighted by Crippen LogP contribution is 2.07. The molecule has 0 aromatic carbocycles. The highest BCUT2D eigenvalue weighted by atomic mass is 79.9. The zero-order chi connectivity index (χ0) is 10.2. The Hall–Kier alpha value is 0.0700. The van der Waals surface area contributed by atoms with E-state index in [2.05, 4.69) is 21.2 Å². The number of ketones is 1. The molecule has 0 aromatic rings. The minimum absolute atomic E-state index is 0.187. The lowest BCUT2D eigenvalue weighted by molar-refractivity contribution is -0.132. The SMILES string of the molecule is O=C(CCCCCBr)C1CNCCO1. The summed E-state index contributed by atoms with van der Waals surface area (Å²) in [6.45, 7) is 2.22. The fourth-order valence-corrected chi connectivity index (χ4v) is 1.90. The van der Waals surface area contributed by atoms with Crippen LogP contribution in [-0.4, -0.2) is 36.9 Å². The topological polar surface area (TPSA) is 38.3 Å². The fraction of sp³-hybridized carbons (Fsp3) is 0.900. The van der Waals surface area contributed by atoms with Gasteiger partial charge in [-0.3, -0.25) is 4.79 Å². The van der Waals surface area contributed by atoms with E-state index < -0.39 is 0 Å². The average Bonchev–Trinajstić information content (AvgIpc) is 2.25. The van der Waals surface area contributed by atoms with Crippen molar-refractivity contribution >= 4 is 21.7 Å². The molecule has 82 valence electrons. The first-order chi connectivity index (χ1) is 6.84. The van der Waals surface area contributed by atoms with Crippen molar-refractivity contribution in [2.45, 2.75) is 31.8 Å². The molecule has 0 bridgehead atoms. The molecular formula is C10H18BrNO2. The number of carbonyl (C=O) groups excluding carboxylic acids is 1. The second kappa shape index (κ2) is 7.37. The average molecular weight is 264 g/mol. The van der Waals surface area contributed by atoms with Crippen molar-refractivity contribution in [2.75, 3.05) is 25.0 Å². The molecule has 0 aromatic heterocycles. The fourth-order valence-electron chi connectivity index (χ4n) is 1.50. The standard InChI is InChI=1S/C10H18BrNO2/c11-5-3-1-2-4-9(13)10-8-12-6-7-14-10/h10,12H,1-8H2. The molecule has 1 N–H and O–H groups in total. The summed E-state index contributed by atoms with van der Waals surface area (Å²) in [5.41, 5.74) is 0. The lowest BCUT2D eigenvalue weighted by atomic mass is 10.1. The molecule has 4 heteroatoms. The van der Waals surface area contributed by atoms with Gasteiger partial charge in [0.15, 0.2) is 5.78 Å². The summed E-state index contributed by atoms with van der Waals surface area (Å²) in [4.78, 5) is 11.6. The number of hydrogen-bond acceptors (Lipinski definition) is 3. The maximum absolute atomic E-state index is 11.6. The number of morpholine rings is 1. The van der Waals surface area contributed by atoms with E-state index in [0.29, 0.717) is 19.6 Å². The van der Waals surface area contributed by atoms with Crippen molar-refractivity contribution in [1.82, 2.24) is 5.32 Å². The van der Waals surface area contributed by atoms with E-state index in [1.54, 1.807) is 0 Å².